The Balaban J connectivity index is 2.11. The van der Waals surface area contributed by atoms with Crippen molar-refractivity contribution in [1.29, 1.82) is 5.26 Å². The lowest BCUT2D eigenvalue weighted by Gasteiger charge is -2.04. The number of aromatic nitrogens is 3. The summed E-state index contributed by atoms with van der Waals surface area (Å²) in [6.07, 6.45) is 1.06. The molecule has 0 bridgehead atoms. The summed E-state index contributed by atoms with van der Waals surface area (Å²) >= 11 is 0. The van der Waals surface area contributed by atoms with E-state index in [1.54, 1.807) is 13.0 Å². The smallest absolute Gasteiger partial charge is 0.232 e. The summed E-state index contributed by atoms with van der Waals surface area (Å²) in [4.78, 5) is 3.97. The molecule has 0 atom stereocenters. The molecule has 1 N–H and O–H groups in total. The third-order valence-corrected chi connectivity index (χ3v) is 3.73. The van der Waals surface area contributed by atoms with Crippen LogP contribution in [-0.2, 0) is 6.54 Å². The summed E-state index contributed by atoms with van der Waals surface area (Å²) in [6, 6.07) is 6.83. The van der Waals surface area contributed by atoms with Crippen molar-refractivity contribution in [2.24, 2.45) is 0 Å². The molecule has 0 aliphatic carbocycles. The molecule has 3 aromatic rings. The maximum Gasteiger partial charge on any atom is 0.232 e. The van der Waals surface area contributed by atoms with Gasteiger partial charge in [-0.25, -0.2) is 13.8 Å². The summed E-state index contributed by atoms with van der Waals surface area (Å²) in [6.45, 7) is 4.07. The normalized spacial score (nSPS) is 12.0. The second-order valence-electron chi connectivity index (χ2n) is 5.46. The van der Waals surface area contributed by atoms with Crippen molar-refractivity contribution in [3.05, 3.63) is 59.2 Å². The number of aliphatic hydroxyl groups is 1. The molecule has 0 unspecified atom stereocenters. The fraction of sp³-hybridized carbons (Fsp3) is 0.167. The number of allylic oxidation sites excluding steroid dienone is 1. The summed E-state index contributed by atoms with van der Waals surface area (Å²) in [5.41, 5.74) is 0.337. The van der Waals surface area contributed by atoms with E-state index in [0.29, 0.717) is 17.9 Å². The minimum absolute atomic E-state index is 0.0378. The second-order valence-corrected chi connectivity index (χ2v) is 5.46. The molecule has 0 radical (unpaired) electrons. The SMILES string of the molecule is CCn1nc(C)cc1C(O)=C(C#N)c1coc(-c2c(F)cccc2F)n1. The van der Waals surface area contributed by atoms with Gasteiger partial charge in [-0.2, -0.15) is 10.4 Å². The zero-order valence-corrected chi connectivity index (χ0v) is 14.0. The monoisotopic (exact) mass is 356 g/mol. The van der Waals surface area contributed by atoms with E-state index >= 15 is 0 Å². The number of benzene rings is 1. The lowest BCUT2D eigenvalue weighted by molar-refractivity contribution is 0.497. The molecule has 3 rings (SSSR count). The van der Waals surface area contributed by atoms with Crippen molar-refractivity contribution in [2.45, 2.75) is 20.4 Å². The number of aryl methyl sites for hydroxylation is 2. The van der Waals surface area contributed by atoms with Crippen LogP contribution in [0.2, 0.25) is 0 Å². The molecular formula is C18H14F2N4O2. The van der Waals surface area contributed by atoms with E-state index in [0.717, 1.165) is 18.4 Å². The maximum absolute atomic E-state index is 13.9. The predicted octanol–water partition coefficient (Wildman–Crippen LogP) is 4.09. The van der Waals surface area contributed by atoms with Crippen molar-refractivity contribution in [3.63, 3.8) is 0 Å². The Kier molecular flexibility index (Phi) is 4.54. The van der Waals surface area contributed by atoms with Crippen molar-refractivity contribution in [1.82, 2.24) is 14.8 Å². The summed E-state index contributed by atoms with van der Waals surface area (Å²) < 4.78 is 34.4. The van der Waals surface area contributed by atoms with Gasteiger partial charge in [0.05, 0.1) is 5.69 Å². The zero-order valence-electron chi connectivity index (χ0n) is 14.0. The molecule has 0 spiro atoms. The van der Waals surface area contributed by atoms with Crippen LogP contribution in [-0.4, -0.2) is 19.9 Å². The van der Waals surface area contributed by atoms with Gasteiger partial charge in [0.15, 0.2) is 5.76 Å². The molecule has 0 saturated heterocycles. The number of rotatable bonds is 4. The number of halogens is 2. The first-order valence-electron chi connectivity index (χ1n) is 7.74. The number of nitrogens with zero attached hydrogens (tertiary/aromatic N) is 4. The predicted molar refractivity (Wildman–Crippen MR) is 89.5 cm³/mol. The van der Waals surface area contributed by atoms with E-state index in [1.807, 2.05) is 13.0 Å². The van der Waals surface area contributed by atoms with E-state index in [-0.39, 0.29) is 22.9 Å². The lowest BCUT2D eigenvalue weighted by atomic mass is 10.1. The van der Waals surface area contributed by atoms with Gasteiger partial charge < -0.3 is 9.52 Å². The highest BCUT2D eigenvalue weighted by Gasteiger charge is 2.21. The molecule has 2 aromatic heterocycles. The minimum atomic E-state index is -0.843. The number of hydrogen-bond donors (Lipinski definition) is 1. The summed E-state index contributed by atoms with van der Waals surface area (Å²) in [5, 5.41) is 24.2. The molecule has 0 aliphatic heterocycles. The highest BCUT2D eigenvalue weighted by molar-refractivity contribution is 5.92. The molecule has 132 valence electrons. The van der Waals surface area contributed by atoms with Gasteiger partial charge in [-0.3, -0.25) is 4.68 Å². The fourth-order valence-corrected chi connectivity index (χ4v) is 2.54. The second kappa shape index (κ2) is 6.80. The molecular weight excluding hydrogens is 342 g/mol. The topological polar surface area (TPSA) is 87.9 Å². The lowest BCUT2D eigenvalue weighted by Crippen LogP contribution is -2.03. The molecule has 8 heteroatoms. The van der Waals surface area contributed by atoms with E-state index in [2.05, 4.69) is 10.1 Å². The minimum Gasteiger partial charge on any atom is -0.504 e. The Hall–Kier alpha value is -3.47. The number of nitriles is 1. The molecule has 2 heterocycles. The fourth-order valence-electron chi connectivity index (χ4n) is 2.54. The van der Waals surface area contributed by atoms with E-state index < -0.39 is 17.2 Å². The summed E-state index contributed by atoms with van der Waals surface area (Å²) in [5.74, 6) is -2.35. The number of hydrogen-bond acceptors (Lipinski definition) is 5. The molecule has 26 heavy (non-hydrogen) atoms. The molecule has 0 aliphatic rings. The van der Waals surface area contributed by atoms with E-state index in [4.69, 9.17) is 4.42 Å². The van der Waals surface area contributed by atoms with Crippen LogP contribution in [0, 0.1) is 29.9 Å². The first-order valence-corrected chi connectivity index (χ1v) is 7.74. The van der Waals surface area contributed by atoms with Crippen LogP contribution in [0.4, 0.5) is 8.78 Å². The van der Waals surface area contributed by atoms with Crippen LogP contribution in [0.15, 0.2) is 34.9 Å². The third-order valence-electron chi connectivity index (χ3n) is 3.73. The molecule has 0 saturated carbocycles. The number of oxazole rings is 1. The molecule has 1 aromatic carbocycles. The Labute approximate surface area is 147 Å². The quantitative estimate of drug-likeness (QED) is 0.562. The van der Waals surface area contributed by atoms with Gasteiger partial charge in [-0.1, -0.05) is 6.07 Å². The average Bonchev–Trinajstić information content (AvgIpc) is 3.22. The highest BCUT2D eigenvalue weighted by atomic mass is 19.1. The van der Waals surface area contributed by atoms with Gasteiger partial charge in [-0.05, 0) is 32.0 Å². The van der Waals surface area contributed by atoms with E-state index in [9.17, 15) is 19.1 Å². The van der Waals surface area contributed by atoms with Gasteiger partial charge in [0.2, 0.25) is 5.89 Å². The van der Waals surface area contributed by atoms with Crippen LogP contribution in [0.25, 0.3) is 22.8 Å². The van der Waals surface area contributed by atoms with Crippen LogP contribution in [0.5, 0.6) is 0 Å². The van der Waals surface area contributed by atoms with Gasteiger partial charge in [0.25, 0.3) is 0 Å². The van der Waals surface area contributed by atoms with Gasteiger partial charge >= 0.3 is 0 Å². The first-order chi connectivity index (χ1) is 12.5. The molecule has 0 amide bonds. The van der Waals surface area contributed by atoms with Crippen molar-refractivity contribution >= 4 is 11.3 Å². The molecule has 6 nitrogen and oxygen atoms in total. The zero-order chi connectivity index (χ0) is 18.8. The van der Waals surface area contributed by atoms with Crippen molar-refractivity contribution < 1.29 is 18.3 Å². The maximum atomic E-state index is 13.9. The highest BCUT2D eigenvalue weighted by Crippen LogP contribution is 2.29. The van der Waals surface area contributed by atoms with Crippen molar-refractivity contribution in [2.75, 3.05) is 0 Å². The van der Waals surface area contributed by atoms with Crippen LogP contribution in [0.3, 0.4) is 0 Å². The molecule has 0 fully saturated rings. The van der Waals surface area contributed by atoms with E-state index in [1.165, 1.54) is 10.7 Å². The van der Waals surface area contributed by atoms with Crippen LogP contribution >= 0.6 is 0 Å². The Morgan fingerprint density at radius 2 is 2.04 bits per heavy atom. The summed E-state index contributed by atoms with van der Waals surface area (Å²) in [7, 11) is 0. The Morgan fingerprint density at radius 3 is 2.65 bits per heavy atom. The van der Waals surface area contributed by atoms with Gasteiger partial charge in [-0.15, -0.1) is 0 Å². The average molecular weight is 356 g/mol. The Bertz CT molecular complexity index is 1020. The largest absolute Gasteiger partial charge is 0.504 e. The van der Waals surface area contributed by atoms with Gasteiger partial charge in [0, 0.05) is 6.54 Å². The van der Waals surface area contributed by atoms with Crippen LogP contribution < -0.4 is 0 Å². The van der Waals surface area contributed by atoms with Crippen LogP contribution in [0.1, 0.15) is 24.0 Å². The Morgan fingerprint density at radius 1 is 1.35 bits per heavy atom. The van der Waals surface area contributed by atoms with Crippen molar-refractivity contribution in [3.8, 4) is 17.5 Å². The third kappa shape index (κ3) is 2.95. The van der Waals surface area contributed by atoms with Gasteiger partial charge in [0.1, 0.15) is 46.5 Å². The first kappa shape index (κ1) is 17.4. The standard InChI is InChI=1S/C18H14F2N4O2/c1-3-24-15(7-10(2)23-24)17(25)11(8-21)14-9-26-18(22-14)16-12(19)5-4-6-13(16)20/h4-7,9,25H,3H2,1-2H3. The number of aliphatic hydroxyl groups excluding tert-OH is 1.